The molecule has 306 valence electrons. The molecule has 0 saturated carbocycles. The summed E-state index contributed by atoms with van der Waals surface area (Å²) in [4.78, 5) is 66.0. The zero-order chi connectivity index (χ0) is 43.3. The second-order valence-electron chi connectivity index (χ2n) is 13.0. The fourth-order valence-electron chi connectivity index (χ4n) is 1.64. The van der Waals surface area contributed by atoms with Gasteiger partial charge in [-0.3, -0.25) is 39.0 Å². The quantitative estimate of drug-likeness (QED) is 0.0780. The molecule has 0 bridgehead atoms. The number of hydrogen-bond donors (Lipinski definition) is 3. The summed E-state index contributed by atoms with van der Waals surface area (Å²) < 4.78 is 3.47. The molecule has 18 heteroatoms. The van der Waals surface area contributed by atoms with Crippen LogP contribution in [0.4, 0.5) is 0 Å². The lowest BCUT2D eigenvalue weighted by molar-refractivity contribution is -0.513. The lowest BCUT2D eigenvalue weighted by atomic mass is 10.1. The Labute approximate surface area is 332 Å². The highest BCUT2D eigenvalue weighted by Gasteiger charge is 2.25. The number of rotatable bonds is 8. The number of hydrogen-bond acceptors (Lipinski definition) is 11. The molecule has 52 heavy (non-hydrogen) atoms. The van der Waals surface area contributed by atoms with E-state index in [1.807, 2.05) is 83.1 Å². The van der Waals surface area contributed by atoms with Gasteiger partial charge in [0, 0.05) is 81.2 Å². The molecular formula is C34H69BrClN8O7S+. The Morgan fingerprint density at radius 3 is 1.25 bits per heavy atom. The van der Waals surface area contributed by atoms with E-state index in [9.17, 15) is 34.1 Å². The van der Waals surface area contributed by atoms with Crippen LogP contribution in [-0.4, -0.2) is 92.7 Å². The van der Waals surface area contributed by atoms with E-state index in [1.54, 1.807) is 34.6 Å². The summed E-state index contributed by atoms with van der Waals surface area (Å²) in [5, 5.41) is 23.0. The summed E-state index contributed by atoms with van der Waals surface area (Å²) in [6.45, 7) is 31.1. The van der Waals surface area contributed by atoms with Crippen LogP contribution < -0.4 is 16.4 Å². The van der Waals surface area contributed by atoms with E-state index < -0.39 is 6.04 Å². The summed E-state index contributed by atoms with van der Waals surface area (Å²) in [5.74, 6) is 0.0414. The second kappa shape index (κ2) is 42.5. The fourth-order valence-corrected chi connectivity index (χ4v) is 1.88. The van der Waals surface area contributed by atoms with Crippen molar-refractivity contribution in [2.24, 2.45) is 16.0 Å². The number of nitro groups is 1. The van der Waals surface area contributed by atoms with Gasteiger partial charge in [0.25, 0.3) is 11.8 Å². The molecule has 1 heterocycles. The molecule has 0 aromatic carbocycles. The van der Waals surface area contributed by atoms with E-state index in [-0.39, 0.29) is 70.3 Å². The molecule has 4 amide bonds. The van der Waals surface area contributed by atoms with Gasteiger partial charge in [0.05, 0.1) is 11.4 Å². The number of Topliss-reactive ketones (excluding diaryl/α,β-unsaturated/α-hetero) is 1. The van der Waals surface area contributed by atoms with Crippen molar-refractivity contribution in [3.63, 3.8) is 0 Å². The molecule has 0 unspecified atom stereocenters. The number of amides is 4. The molecule has 1 rings (SSSR count). The fraction of sp³-hybridized carbons (Fsp3) is 0.794. The summed E-state index contributed by atoms with van der Waals surface area (Å²) >= 11 is 12.5. The molecule has 0 atom stereocenters. The van der Waals surface area contributed by atoms with E-state index in [0.29, 0.717) is 17.4 Å². The van der Waals surface area contributed by atoms with Gasteiger partial charge < -0.3 is 16.4 Å². The van der Waals surface area contributed by atoms with Gasteiger partial charge in [-0.15, -0.1) is 11.6 Å². The first-order valence-electron chi connectivity index (χ1n) is 16.8. The van der Waals surface area contributed by atoms with Gasteiger partial charge in [-0.05, 0) is 68.4 Å². The first-order valence-corrected chi connectivity index (χ1v) is 18.9. The average molecular weight is 849 g/mol. The smallest absolute Gasteiger partial charge is 0.308 e. The molecule has 0 aromatic rings. The lowest BCUT2D eigenvalue weighted by Crippen LogP contribution is -2.36. The molecule has 0 aliphatic carbocycles. The van der Waals surface area contributed by atoms with Gasteiger partial charge in [0.15, 0.2) is 0 Å². The Morgan fingerprint density at radius 1 is 0.904 bits per heavy atom. The maximum atomic E-state index is 10.8. The standard InChI is InChI=1S/C7H9NO2.C5H10BrNO.C5H10ClNO.C5H10O.C3H7N2.C3H7NO2.C3H7NS.C3H9N/c1-5(2)8-6(9)3-4-7(8)10;2*1-4(2)7-5(8)3-6;1-4(2)5(3)6;1-3(2)5-4;1-3(2)4(5)6;1-3(2)4-5;1-3(2)4/h3-5H,1-2H3;2*4H,3H2,1-2H3,(H,7,8);4H,1-3H3;3H,1-2H3;3H,1-2H3;3H,1-2H3;3H,4H2,1-2H3/q;;;;+1;;;. The third-order valence-electron chi connectivity index (χ3n) is 4.18. The van der Waals surface area contributed by atoms with Crippen molar-refractivity contribution in [1.29, 1.82) is 5.39 Å². The summed E-state index contributed by atoms with van der Waals surface area (Å²) in [6.07, 6.45) is 2.59. The topological polar surface area (TPSA) is 222 Å². The molecule has 1 aliphatic heterocycles. The summed E-state index contributed by atoms with van der Waals surface area (Å²) in [6, 6.07) is 0.710. The monoisotopic (exact) mass is 847 g/mol. The Balaban J connectivity index is -0.0000000906. The highest BCUT2D eigenvalue weighted by molar-refractivity contribution is 9.09. The Morgan fingerprint density at radius 2 is 1.17 bits per heavy atom. The molecule has 0 aromatic heterocycles. The zero-order valence-corrected chi connectivity index (χ0v) is 37.7. The van der Waals surface area contributed by atoms with Crippen LogP contribution in [0.1, 0.15) is 118 Å². The van der Waals surface area contributed by atoms with Gasteiger partial charge in [0.2, 0.25) is 23.2 Å². The number of halogens is 2. The van der Waals surface area contributed by atoms with E-state index in [4.69, 9.17) is 22.7 Å². The number of nitrogens with zero attached hydrogens (tertiary/aromatic N) is 5. The summed E-state index contributed by atoms with van der Waals surface area (Å²) in [7, 11) is 0. The van der Waals surface area contributed by atoms with Gasteiger partial charge in [0.1, 0.15) is 16.6 Å². The molecule has 4 N–H and O–H groups in total. The van der Waals surface area contributed by atoms with E-state index >= 15 is 0 Å². The van der Waals surface area contributed by atoms with Crippen LogP contribution in [-0.2, 0) is 36.4 Å². The van der Waals surface area contributed by atoms with Crippen molar-refractivity contribution >= 4 is 69.4 Å². The number of ketones is 1. The molecule has 0 fully saturated rings. The first-order chi connectivity index (χ1) is 23.5. The van der Waals surface area contributed by atoms with Gasteiger partial charge in [-0.2, -0.15) is 0 Å². The SMILES string of the molecule is CC(=O)C(C)C.CC(C)N.CC(C)N1C(=O)C=CC1=O.CC(C)N=S.CC(C)NC(=O)CBr.CC(C)NC(=O)CCl.CC(C)[N+]#N.CC(C)[N+](=O)[O-]. The van der Waals surface area contributed by atoms with Crippen LogP contribution in [0.5, 0.6) is 0 Å². The number of diazo groups is 1. The predicted octanol–water partition coefficient (Wildman–Crippen LogP) is 6.61. The Kier molecular flexibility index (Phi) is 52.3. The third kappa shape index (κ3) is 68.9. The number of nitrogens with two attached hydrogens (primary N) is 1. The first kappa shape index (κ1) is 64.1. The maximum absolute atomic E-state index is 10.8. The molecule has 1 aliphatic rings. The number of carbonyl (C=O) groups is 5. The molecule has 0 saturated heterocycles. The Bertz CT molecular complexity index is 991. The minimum absolute atomic E-state index is 0.0324. The number of imide groups is 1. The van der Waals surface area contributed by atoms with E-state index in [2.05, 4.69) is 48.3 Å². The highest BCUT2D eigenvalue weighted by atomic mass is 79.9. The van der Waals surface area contributed by atoms with E-state index in [0.717, 1.165) is 0 Å². The number of alkyl halides is 2. The molecule has 0 radical (unpaired) electrons. The van der Waals surface area contributed by atoms with Crippen LogP contribution in [0.3, 0.4) is 0 Å². The van der Waals surface area contributed by atoms with Gasteiger partial charge >= 0.3 is 6.04 Å². The zero-order valence-electron chi connectivity index (χ0n) is 34.5. The Hall–Kier alpha value is -2.94. The van der Waals surface area contributed by atoms with Crippen molar-refractivity contribution < 1.29 is 28.9 Å². The molecular weight excluding hydrogens is 780 g/mol. The second-order valence-corrected chi connectivity index (χ2v) is 14.0. The van der Waals surface area contributed by atoms with Crippen molar-refractivity contribution in [2.75, 3.05) is 11.2 Å². The van der Waals surface area contributed by atoms with Crippen molar-refractivity contribution in [3.05, 3.63) is 27.2 Å². The molecule has 15 nitrogen and oxygen atoms in total. The minimum Gasteiger partial charge on any atom is -0.353 e. The van der Waals surface area contributed by atoms with Crippen molar-refractivity contribution in [1.82, 2.24) is 15.5 Å². The number of nitrogens with one attached hydrogen (secondary N) is 2. The van der Waals surface area contributed by atoms with Crippen LogP contribution in [0.2, 0.25) is 0 Å². The molecule has 0 spiro atoms. The minimum atomic E-state index is -0.426. The van der Waals surface area contributed by atoms with Crippen molar-refractivity contribution in [3.8, 4) is 0 Å². The summed E-state index contributed by atoms with van der Waals surface area (Å²) in [5.41, 5.74) is 5.11. The number of carbonyl (C=O) groups excluding carboxylic acids is 5. The van der Waals surface area contributed by atoms with Crippen molar-refractivity contribution in [2.45, 2.75) is 160 Å². The average Bonchev–Trinajstić information content (AvgIpc) is 3.35. The maximum Gasteiger partial charge on any atom is 0.308 e. The van der Waals surface area contributed by atoms with Crippen LogP contribution in [0.25, 0.3) is 4.98 Å². The van der Waals surface area contributed by atoms with Crippen LogP contribution in [0.15, 0.2) is 16.5 Å². The van der Waals surface area contributed by atoms with Crippen LogP contribution in [0, 0.1) is 21.4 Å². The van der Waals surface area contributed by atoms with Gasteiger partial charge in [-0.25, -0.2) is 4.36 Å². The largest absolute Gasteiger partial charge is 0.353 e. The van der Waals surface area contributed by atoms with E-state index in [1.165, 1.54) is 17.1 Å². The van der Waals surface area contributed by atoms with Gasteiger partial charge in [-0.1, -0.05) is 43.6 Å². The van der Waals surface area contributed by atoms with Crippen LogP contribution >= 0.6 is 27.5 Å². The normalized spacial score (nSPS) is 10.7. The predicted molar refractivity (Wildman–Crippen MR) is 219 cm³/mol. The highest BCUT2D eigenvalue weighted by Crippen LogP contribution is 2.07. The third-order valence-corrected chi connectivity index (χ3v) is 5.35. The lowest BCUT2D eigenvalue weighted by Gasteiger charge is -2.17.